The van der Waals surface area contributed by atoms with Gasteiger partial charge in [-0.2, -0.15) is 0 Å². The Kier molecular flexibility index (Phi) is 5.88. The summed E-state index contributed by atoms with van der Waals surface area (Å²) in [6.45, 7) is 15.4. The molecule has 0 spiro atoms. The van der Waals surface area contributed by atoms with Crippen molar-refractivity contribution in [2.45, 2.75) is 117 Å². The number of esters is 1. The number of aliphatic hydroxyl groups is 2. The van der Waals surface area contributed by atoms with Crippen molar-refractivity contribution in [2.75, 3.05) is 19.8 Å². The largest absolute Gasteiger partial charge is 0.465 e. The van der Waals surface area contributed by atoms with E-state index < -0.39 is 11.5 Å². The Labute approximate surface area is 224 Å². The third-order valence-corrected chi connectivity index (χ3v) is 14.7. The summed E-state index contributed by atoms with van der Waals surface area (Å²) in [7, 11) is 0. The van der Waals surface area contributed by atoms with E-state index in [0.29, 0.717) is 36.2 Å². The van der Waals surface area contributed by atoms with Crippen molar-refractivity contribution in [3.63, 3.8) is 0 Å². The molecule has 0 aromatic rings. The molecule has 0 aromatic carbocycles. The first-order valence-corrected chi connectivity index (χ1v) is 15.4. The molecule has 3 unspecified atom stereocenters. The molecule has 5 aliphatic carbocycles. The van der Waals surface area contributed by atoms with Crippen molar-refractivity contribution < 1.29 is 24.5 Å². The number of hydrogen-bond acceptors (Lipinski definition) is 5. The Morgan fingerprint density at radius 3 is 2.24 bits per heavy atom. The van der Waals surface area contributed by atoms with Gasteiger partial charge in [0, 0.05) is 17.8 Å². The van der Waals surface area contributed by atoms with Gasteiger partial charge in [-0.25, -0.2) is 0 Å². The minimum atomic E-state index is -0.401. The number of epoxide rings is 1. The summed E-state index contributed by atoms with van der Waals surface area (Å²) in [6.07, 6.45) is 11.0. The Morgan fingerprint density at radius 1 is 0.865 bits per heavy atom. The standard InChI is InChI=1S/C32H52O5/c1-20(34)36-19-32-14-9-22(31(6)18-37-31)26(32)21-7-8-24-27(2)12-11-25(35)28(3,17-33)23(27)10-13-30(24,5)29(21,4)15-16-32/h21-26,33,35H,7-19H2,1-6H3/t21?,22-,23-,24-,25?,26+,27+,28+,29-,30-,31?,32-/m1/s1. The number of hydrogen-bond donors (Lipinski definition) is 2. The van der Waals surface area contributed by atoms with Gasteiger partial charge in [0.1, 0.15) is 0 Å². The van der Waals surface area contributed by atoms with E-state index in [9.17, 15) is 15.0 Å². The molecule has 1 heterocycles. The SMILES string of the molecule is CC(=O)OC[C@]12CC[C@@H](C3(C)CO3)[C@@H]1C1CC[C@@H]3[C@@]4(C)CCC(O)[C@@](C)(CO)[C@@H]4CC[C@@]3(C)[C@]1(C)CC2. The predicted octanol–water partition coefficient (Wildman–Crippen LogP) is 5.75. The fourth-order valence-electron chi connectivity index (χ4n) is 12.3. The smallest absolute Gasteiger partial charge is 0.302 e. The average molecular weight is 517 g/mol. The fraction of sp³-hybridized carbons (Fsp3) is 0.969. The molecule has 1 aliphatic heterocycles. The van der Waals surface area contributed by atoms with Crippen molar-refractivity contribution >= 4 is 5.97 Å². The highest BCUT2D eigenvalue weighted by Crippen LogP contribution is 2.78. The Balaban J connectivity index is 1.37. The number of carbonyl (C=O) groups excluding carboxylic acids is 1. The number of aliphatic hydroxyl groups excluding tert-OH is 2. The second-order valence-electron chi connectivity index (χ2n) is 15.8. The van der Waals surface area contributed by atoms with Crippen molar-refractivity contribution in [1.82, 2.24) is 0 Å². The first-order chi connectivity index (χ1) is 17.3. The van der Waals surface area contributed by atoms with Gasteiger partial charge in [0.25, 0.3) is 0 Å². The lowest BCUT2D eigenvalue weighted by Gasteiger charge is -2.73. The maximum atomic E-state index is 11.9. The summed E-state index contributed by atoms with van der Waals surface area (Å²) in [5, 5.41) is 21.5. The lowest BCUT2D eigenvalue weighted by Crippen LogP contribution is -2.67. The van der Waals surface area contributed by atoms with E-state index >= 15 is 0 Å². The van der Waals surface area contributed by atoms with Gasteiger partial charge in [0.15, 0.2) is 0 Å². The van der Waals surface area contributed by atoms with Crippen molar-refractivity contribution in [3.05, 3.63) is 0 Å². The zero-order chi connectivity index (χ0) is 26.6. The summed E-state index contributed by atoms with van der Waals surface area (Å²) >= 11 is 0. The van der Waals surface area contributed by atoms with Crippen LogP contribution >= 0.6 is 0 Å². The van der Waals surface area contributed by atoms with Crippen LogP contribution in [0.1, 0.15) is 106 Å². The van der Waals surface area contributed by atoms with Crippen molar-refractivity contribution in [1.29, 1.82) is 0 Å². The minimum Gasteiger partial charge on any atom is -0.465 e. The van der Waals surface area contributed by atoms with Crippen LogP contribution in [0.25, 0.3) is 0 Å². The maximum Gasteiger partial charge on any atom is 0.302 e. The van der Waals surface area contributed by atoms with Crippen molar-refractivity contribution in [2.24, 2.45) is 56.7 Å². The van der Waals surface area contributed by atoms with Gasteiger partial charge >= 0.3 is 5.97 Å². The molecule has 37 heavy (non-hydrogen) atoms. The predicted molar refractivity (Wildman–Crippen MR) is 143 cm³/mol. The van der Waals surface area contributed by atoms with Crippen LogP contribution in [0.15, 0.2) is 0 Å². The first-order valence-electron chi connectivity index (χ1n) is 15.4. The zero-order valence-corrected chi connectivity index (χ0v) is 24.3. The molecule has 5 saturated carbocycles. The van der Waals surface area contributed by atoms with E-state index in [2.05, 4.69) is 34.6 Å². The second-order valence-corrected chi connectivity index (χ2v) is 15.8. The molecule has 2 N–H and O–H groups in total. The van der Waals surface area contributed by atoms with Gasteiger partial charge in [-0.1, -0.05) is 27.7 Å². The van der Waals surface area contributed by atoms with Gasteiger partial charge < -0.3 is 19.7 Å². The molecule has 6 aliphatic rings. The van der Waals surface area contributed by atoms with Crippen molar-refractivity contribution in [3.8, 4) is 0 Å². The summed E-state index contributed by atoms with van der Waals surface area (Å²) < 4.78 is 11.9. The Hall–Kier alpha value is -0.650. The van der Waals surface area contributed by atoms with E-state index in [1.807, 2.05) is 0 Å². The van der Waals surface area contributed by atoms with Crippen LogP contribution in [-0.2, 0) is 14.3 Å². The van der Waals surface area contributed by atoms with Gasteiger partial charge in [0.2, 0.25) is 0 Å². The summed E-state index contributed by atoms with van der Waals surface area (Å²) in [4.78, 5) is 11.9. The molecular weight excluding hydrogens is 464 g/mol. The number of carbonyl (C=O) groups is 1. The molecule has 0 radical (unpaired) electrons. The molecule has 5 nitrogen and oxygen atoms in total. The molecule has 12 atom stereocenters. The highest BCUT2D eigenvalue weighted by Gasteiger charge is 2.73. The van der Waals surface area contributed by atoms with Gasteiger partial charge in [-0.15, -0.1) is 0 Å². The summed E-state index contributed by atoms with van der Waals surface area (Å²) in [5.74, 6) is 2.58. The van der Waals surface area contributed by atoms with Crippen LogP contribution in [0, 0.1) is 56.7 Å². The molecular formula is C32H52O5. The zero-order valence-electron chi connectivity index (χ0n) is 24.3. The molecule has 1 saturated heterocycles. The van der Waals surface area contributed by atoms with Crippen LogP contribution in [0.5, 0.6) is 0 Å². The lowest BCUT2D eigenvalue weighted by atomic mass is 9.32. The van der Waals surface area contributed by atoms with Crippen LogP contribution in [0.3, 0.4) is 0 Å². The van der Waals surface area contributed by atoms with Gasteiger partial charge in [-0.3, -0.25) is 4.79 Å². The highest BCUT2D eigenvalue weighted by molar-refractivity contribution is 5.65. The molecule has 6 fully saturated rings. The van der Waals surface area contributed by atoms with Gasteiger partial charge in [0.05, 0.1) is 31.5 Å². The lowest BCUT2D eigenvalue weighted by molar-refractivity contribution is -0.257. The quantitative estimate of drug-likeness (QED) is 0.367. The monoisotopic (exact) mass is 516 g/mol. The highest BCUT2D eigenvalue weighted by atomic mass is 16.6. The molecule has 0 bridgehead atoms. The molecule has 210 valence electrons. The van der Waals surface area contributed by atoms with Crippen LogP contribution in [0.2, 0.25) is 0 Å². The third-order valence-electron chi connectivity index (χ3n) is 14.7. The molecule has 6 rings (SSSR count). The van der Waals surface area contributed by atoms with E-state index in [1.54, 1.807) is 6.92 Å². The minimum absolute atomic E-state index is 0.00469. The van der Waals surface area contributed by atoms with E-state index in [0.717, 1.165) is 38.7 Å². The first kappa shape index (κ1) is 26.6. The third kappa shape index (κ3) is 3.35. The van der Waals surface area contributed by atoms with E-state index in [4.69, 9.17) is 9.47 Å². The van der Waals surface area contributed by atoms with Crippen LogP contribution in [-0.4, -0.2) is 47.7 Å². The number of ether oxygens (including phenoxy) is 2. The second kappa shape index (κ2) is 8.19. The number of rotatable bonds is 4. The van der Waals surface area contributed by atoms with Crippen LogP contribution in [0.4, 0.5) is 0 Å². The summed E-state index contributed by atoms with van der Waals surface area (Å²) in [6, 6.07) is 0. The molecule has 0 aromatic heterocycles. The van der Waals surface area contributed by atoms with Crippen LogP contribution < -0.4 is 0 Å². The molecule has 0 amide bonds. The van der Waals surface area contributed by atoms with E-state index in [-0.39, 0.29) is 39.8 Å². The normalized spacial score (nSPS) is 58.5. The molecule has 5 heteroatoms. The maximum absolute atomic E-state index is 11.9. The van der Waals surface area contributed by atoms with E-state index in [1.165, 1.54) is 32.1 Å². The fourth-order valence-corrected chi connectivity index (χ4v) is 12.3. The van der Waals surface area contributed by atoms with Gasteiger partial charge in [-0.05, 0) is 117 Å². The summed E-state index contributed by atoms with van der Waals surface area (Å²) in [5.41, 5.74) is 0.353. The Morgan fingerprint density at radius 2 is 1.59 bits per heavy atom. The number of fused-ring (bicyclic) bond motifs is 7. The Bertz CT molecular complexity index is 945. The average Bonchev–Trinajstić information content (AvgIpc) is 3.47. The topological polar surface area (TPSA) is 79.3 Å².